The van der Waals surface area contributed by atoms with Crippen molar-refractivity contribution >= 4 is 5.91 Å². The van der Waals surface area contributed by atoms with Crippen LogP contribution in [0.1, 0.15) is 27.8 Å². The second-order valence-corrected chi connectivity index (χ2v) is 5.52. The Balaban J connectivity index is 2.02. The number of amides is 1. The molecule has 6 heteroatoms. The van der Waals surface area contributed by atoms with Crippen molar-refractivity contribution in [3.8, 4) is 5.75 Å². The molecule has 1 N–H and O–H groups in total. The first kappa shape index (κ1) is 16.7. The summed E-state index contributed by atoms with van der Waals surface area (Å²) in [5, 5.41) is 2.87. The number of rotatable bonds is 5. The Labute approximate surface area is 145 Å². The van der Waals surface area contributed by atoms with Gasteiger partial charge in [-0.15, -0.1) is 0 Å². The molecule has 0 aliphatic carbocycles. The molecule has 1 amide bonds. The van der Waals surface area contributed by atoms with E-state index >= 15 is 0 Å². The predicted molar refractivity (Wildman–Crippen MR) is 91.9 cm³/mol. The average Bonchev–Trinajstić information content (AvgIpc) is 3.05. The number of imidazole rings is 1. The number of para-hydroxylation sites is 1. The van der Waals surface area contributed by atoms with E-state index in [1.807, 2.05) is 25.2 Å². The third-order valence-corrected chi connectivity index (χ3v) is 3.96. The number of aromatic nitrogens is 2. The van der Waals surface area contributed by atoms with Crippen LogP contribution in [0, 0.1) is 5.82 Å². The van der Waals surface area contributed by atoms with E-state index in [4.69, 9.17) is 4.74 Å². The monoisotopic (exact) mass is 339 g/mol. The van der Waals surface area contributed by atoms with Gasteiger partial charge in [0.2, 0.25) is 0 Å². The highest BCUT2D eigenvalue weighted by molar-refractivity contribution is 5.94. The number of ether oxygens (including phenoxy) is 1. The van der Waals surface area contributed by atoms with Gasteiger partial charge in [0.15, 0.2) is 0 Å². The number of halogens is 1. The highest BCUT2D eigenvalue weighted by Crippen LogP contribution is 2.29. The molecule has 1 heterocycles. The van der Waals surface area contributed by atoms with E-state index in [0.29, 0.717) is 11.6 Å². The summed E-state index contributed by atoms with van der Waals surface area (Å²) in [7, 11) is 3.40. The second-order valence-electron chi connectivity index (χ2n) is 5.52. The van der Waals surface area contributed by atoms with Crippen LogP contribution >= 0.6 is 0 Å². The quantitative estimate of drug-likeness (QED) is 0.777. The van der Waals surface area contributed by atoms with Crippen LogP contribution in [-0.2, 0) is 7.05 Å². The molecule has 2 aromatic carbocycles. The summed E-state index contributed by atoms with van der Waals surface area (Å²) < 4.78 is 21.2. The van der Waals surface area contributed by atoms with E-state index in [9.17, 15) is 9.18 Å². The van der Waals surface area contributed by atoms with E-state index in [1.165, 1.54) is 12.1 Å². The van der Waals surface area contributed by atoms with Crippen molar-refractivity contribution < 1.29 is 13.9 Å². The first-order chi connectivity index (χ1) is 12.1. The molecule has 5 nitrogen and oxygen atoms in total. The lowest BCUT2D eigenvalue weighted by Crippen LogP contribution is -2.32. The fourth-order valence-corrected chi connectivity index (χ4v) is 2.70. The summed E-state index contributed by atoms with van der Waals surface area (Å²) >= 11 is 0. The molecule has 1 unspecified atom stereocenters. The van der Waals surface area contributed by atoms with Crippen molar-refractivity contribution in [3.63, 3.8) is 0 Å². The van der Waals surface area contributed by atoms with E-state index in [2.05, 4.69) is 10.3 Å². The SMILES string of the molecule is COc1ccccc1C(NC(=O)c1ccccc1F)c1nccn1C. The van der Waals surface area contributed by atoms with Crippen molar-refractivity contribution in [2.75, 3.05) is 7.11 Å². The molecule has 1 atom stereocenters. The number of nitrogens with one attached hydrogen (secondary N) is 1. The lowest BCUT2D eigenvalue weighted by atomic mass is 10.0. The fourth-order valence-electron chi connectivity index (χ4n) is 2.70. The lowest BCUT2D eigenvalue weighted by molar-refractivity contribution is 0.0936. The number of hydrogen-bond acceptors (Lipinski definition) is 3. The van der Waals surface area contributed by atoms with Gasteiger partial charge in [-0.05, 0) is 18.2 Å². The van der Waals surface area contributed by atoms with Crippen LogP contribution in [0.15, 0.2) is 60.9 Å². The van der Waals surface area contributed by atoms with Crippen molar-refractivity contribution in [3.05, 3.63) is 83.7 Å². The minimum Gasteiger partial charge on any atom is -0.496 e. The number of carbonyl (C=O) groups excluding carboxylic acids is 1. The number of benzene rings is 2. The Bertz CT molecular complexity index is 892. The zero-order chi connectivity index (χ0) is 17.8. The molecule has 0 fully saturated rings. The summed E-state index contributed by atoms with van der Waals surface area (Å²) in [4.78, 5) is 17.0. The topological polar surface area (TPSA) is 56.1 Å². The molecule has 0 saturated carbocycles. The zero-order valence-electron chi connectivity index (χ0n) is 13.9. The summed E-state index contributed by atoms with van der Waals surface area (Å²) in [6.45, 7) is 0. The van der Waals surface area contributed by atoms with Gasteiger partial charge in [0.1, 0.15) is 23.4 Å². The van der Waals surface area contributed by atoms with Crippen LogP contribution in [0.3, 0.4) is 0 Å². The molecule has 0 saturated heterocycles. The van der Waals surface area contributed by atoms with Gasteiger partial charge in [-0.3, -0.25) is 4.79 Å². The van der Waals surface area contributed by atoms with Gasteiger partial charge in [-0.2, -0.15) is 0 Å². The molecule has 1 aromatic heterocycles. The normalized spacial score (nSPS) is 11.8. The van der Waals surface area contributed by atoms with Crippen molar-refractivity contribution in [1.29, 1.82) is 0 Å². The molecule has 0 bridgehead atoms. The van der Waals surface area contributed by atoms with Gasteiger partial charge in [0.05, 0.1) is 12.7 Å². The second kappa shape index (κ2) is 7.17. The maximum absolute atomic E-state index is 14.0. The van der Waals surface area contributed by atoms with E-state index in [-0.39, 0.29) is 5.56 Å². The molecular weight excluding hydrogens is 321 g/mol. The van der Waals surface area contributed by atoms with Crippen molar-refractivity contribution in [2.45, 2.75) is 6.04 Å². The summed E-state index contributed by atoms with van der Waals surface area (Å²) in [5.41, 5.74) is 0.723. The van der Waals surface area contributed by atoms with Gasteiger partial charge in [-0.25, -0.2) is 9.37 Å². The standard InChI is InChI=1S/C19H18FN3O2/c1-23-12-11-21-18(23)17(14-8-4-6-10-16(14)25-2)22-19(24)13-7-3-5-9-15(13)20/h3-12,17H,1-2H3,(H,22,24). The molecule has 3 rings (SSSR count). The number of nitrogens with zero attached hydrogens (tertiary/aromatic N) is 2. The van der Waals surface area contributed by atoms with E-state index in [1.54, 1.807) is 42.3 Å². The third-order valence-electron chi connectivity index (χ3n) is 3.96. The van der Waals surface area contributed by atoms with E-state index in [0.717, 1.165) is 5.56 Å². The van der Waals surface area contributed by atoms with Crippen molar-refractivity contribution in [2.24, 2.45) is 7.05 Å². The molecule has 25 heavy (non-hydrogen) atoms. The van der Waals surface area contributed by atoms with Crippen LogP contribution in [0.4, 0.5) is 4.39 Å². The van der Waals surface area contributed by atoms with Crippen LogP contribution in [0.2, 0.25) is 0 Å². The van der Waals surface area contributed by atoms with E-state index < -0.39 is 17.8 Å². The first-order valence-corrected chi connectivity index (χ1v) is 7.77. The van der Waals surface area contributed by atoms with Crippen LogP contribution in [-0.4, -0.2) is 22.6 Å². The first-order valence-electron chi connectivity index (χ1n) is 7.77. The summed E-state index contributed by atoms with van der Waals surface area (Å²) in [6.07, 6.45) is 3.43. The Morgan fingerprint density at radius 1 is 1.20 bits per heavy atom. The van der Waals surface area contributed by atoms with Crippen LogP contribution in [0.25, 0.3) is 0 Å². The minimum absolute atomic E-state index is 0.0170. The van der Waals surface area contributed by atoms with Crippen LogP contribution < -0.4 is 10.1 Å². The molecule has 3 aromatic rings. The smallest absolute Gasteiger partial charge is 0.255 e. The van der Waals surface area contributed by atoms with Gasteiger partial charge >= 0.3 is 0 Å². The maximum Gasteiger partial charge on any atom is 0.255 e. The predicted octanol–water partition coefficient (Wildman–Crippen LogP) is 3.09. The van der Waals surface area contributed by atoms with Gasteiger partial charge in [-0.1, -0.05) is 30.3 Å². The Morgan fingerprint density at radius 3 is 2.60 bits per heavy atom. The van der Waals surface area contributed by atoms with Gasteiger partial charge in [0.25, 0.3) is 5.91 Å². The summed E-state index contributed by atoms with van der Waals surface area (Å²) in [6, 6.07) is 12.6. The Kier molecular flexibility index (Phi) is 4.79. The van der Waals surface area contributed by atoms with Crippen LogP contribution in [0.5, 0.6) is 5.75 Å². The highest BCUT2D eigenvalue weighted by Gasteiger charge is 2.25. The molecular formula is C19H18FN3O2. The fraction of sp³-hybridized carbons (Fsp3) is 0.158. The molecule has 0 aliphatic rings. The third kappa shape index (κ3) is 3.38. The Morgan fingerprint density at radius 2 is 1.92 bits per heavy atom. The Hall–Kier alpha value is -3.15. The number of carbonyl (C=O) groups is 1. The van der Waals surface area contributed by atoms with Gasteiger partial charge < -0.3 is 14.6 Å². The zero-order valence-corrected chi connectivity index (χ0v) is 13.9. The largest absolute Gasteiger partial charge is 0.496 e. The molecule has 0 aliphatic heterocycles. The molecule has 0 radical (unpaired) electrons. The minimum atomic E-state index is -0.580. The number of aryl methyl sites for hydroxylation is 1. The average molecular weight is 339 g/mol. The summed E-state index contributed by atoms with van der Waals surface area (Å²) in [5.74, 6) is 0.147. The van der Waals surface area contributed by atoms with Crippen molar-refractivity contribution in [1.82, 2.24) is 14.9 Å². The highest BCUT2D eigenvalue weighted by atomic mass is 19.1. The van der Waals surface area contributed by atoms with Gasteiger partial charge in [0, 0.05) is 25.0 Å². The molecule has 128 valence electrons. The lowest BCUT2D eigenvalue weighted by Gasteiger charge is -2.21. The maximum atomic E-state index is 14.0. The number of methoxy groups -OCH3 is 1. The molecule has 0 spiro atoms. The number of hydrogen-bond donors (Lipinski definition) is 1.